The Morgan fingerprint density at radius 1 is 1.31 bits per heavy atom. The van der Waals surface area contributed by atoms with E-state index in [0.29, 0.717) is 0 Å². The number of allylic oxidation sites excluding steroid dienone is 2. The van der Waals surface area contributed by atoms with Crippen molar-refractivity contribution in [2.24, 2.45) is 5.92 Å². The Balaban J connectivity index is 3.04. The average Bonchev–Trinajstić information content (AvgIpc) is 2.12. The second kappa shape index (κ2) is 4.26. The van der Waals surface area contributed by atoms with Gasteiger partial charge in [0.15, 0.2) is 0 Å². The van der Waals surface area contributed by atoms with Gasteiger partial charge in [-0.1, -0.05) is 24.6 Å². The number of nitrogens with one attached hydrogen (secondary N) is 2. The summed E-state index contributed by atoms with van der Waals surface area (Å²) in [7, 11) is 0. The minimum Gasteiger partial charge on any atom is -0.465 e. The first-order chi connectivity index (χ1) is 7.37. The monoisotopic (exact) mass is 226 g/mol. The molecular formula is C10H14N2O4. The Kier molecular flexibility index (Phi) is 3.22. The number of hydrogen-bond donors (Lipinski definition) is 4. The van der Waals surface area contributed by atoms with Crippen molar-refractivity contribution in [1.82, 2.24) is 10.6 Å². The third kappa shape index (κ3) is 2.33. The molecule has 0 spiro atoms. The number of carbonyl (C=O) groups is 2. The fourth-order valence-corrected chi connectivity index (χ4v) is 1.68. The van der Waals surface area contributed by atoms with Gasteiger partial charge in [-0.15, -0.1) is 0 Å². The molecule has 1 rings (SSSR count). The Morgan fingerprint density at radius 2 is 1.81 bits per heavy atom. The summed E-state index contributed by atoms with van der Waals surface area (Å²) in [5.41, 5.74) is -0.402. The summed E-state index contributed by atoms with van der Waals surface area (Å²) in [5, 5.41) is 21.9. The molecule has 0 aromatic carbocycles. The Morgan fingerprint density at radius 3 is 2.25 bits per heavy atom. The summed E-state index contributed by atoms with van der Waals surface area (Å²) in [5.74, 6) is -0.287. The van der Waals surface area contributed by atoms with Crippen LogP contribution < -0.4 is 10.6 Å². The van der Waals surface area contributed by atoms with E-state index in [4.69, 9.17) is 10.2 Å². The summed E-state index contributed by atoms with van der Waals surface area (Å²) in [4.78, 5) is 21.4. The number of hydrogen-bond acceptors (Lipinski definition) is 2. The zero-order chi connectivity index (χ0) is 12.3. The van der Waals surface area contributed by atoms with E-state index in [9.17, 15) is 9.59 Å². The summed E-state index contributed by atoms with van der Waals surface area (Å²) < 4.78 is 0. The van der Waals surface area contributed by atoms with Crippen molar-refractivity contribution in [3.8, 4) is 0 Å². The Hall–Kier alpha value is -1.98. The lowest BCUT2D eigenvalue weighted by molar-refractivity contribution is 0.151. The van der Waals surface area contributed by atoms with E-state index in [2.05, 4.69) is 10.6 Å². The first-order valence-corrected chi connectivity index (χ1v) is 4.75. The molecule has 0 heterocycles. The van der Waals surface area contributed by atoms with Crippen LogP contribution in [0.4, 0.5) is 9.59 Å². The topological polar surface area (TPSA) is 98.7 Å². The fourth-order valence-electron chi connectivity index (χ4n) is 1.68. The largest absolute Gasteiger partial charge is 0.465 e. The van der Waals surface area contributed by atoms with Crippen LogP contribution in [0.25, 0.3) is 0 Å². The molecule has 1 aliphatic carbocycles. The SMILES string of the molecule is CC1=CC=CC(NC(=O)O)(NC(=O)O)C1C. The van der Waals surface area contributed by atoms with Gasteiger partial charge in [0.2, 0.25) is 0 Å². The molecule has 0 aliphatic heterocycles. The molecule has 0 saturated heterocycles. The Bertz CT molecular complexity index is 357. The molecule has 1 atom stereocenters. The van der Waals surface area contributed by atoms with Crippen LogP contribution >= 0.6 is 0 Å². The van der Waals surface area contributed by atoms with Crippen LogP contribution in [0.2, 0.25) is 0 Å². The van der Waals surface area contributed by atoms with Gasteiger partial charge >= 0.3 is 12.2 Å². The summed E-state index contributed by atoms with van der Waals surface area (Å²) in [6.07, 6.45) is 2.38. The van der Waals surface area contributed by atoms with Crippen LogP contribution in [0.15, 0.2) is 23.8 Å². The molecule has 2 amide bonds. The zero-order valence-electron chi connectivity index (χ0n) is 9.02. The van der Waals surface area contributed by atoms with E-state index in [1.54, 1.807) is 13.0 Å². The molecule has 1 unspecified atom stereocenters. The Labute approximate surface area is 92.6 Å². The fraction of sp³-hybridized carbons (Fsp3) is 0.400. The molecule has 0 bridgehead atoms. The van der Waals surface area contributed by atoms with Crippen LogP contribution in [0, 0.1) is 5.92 Å². The van der Waals surface area contributed by atoms with Crippen molar-refractivity contribution in [2.45, 2.75) is 19.5 Å². The van der Waals surface area contributed by atoms with Crippen molar-refractivity contribution < 1.29 is 19.8 Å². The standard InChI is InChI=1S/C10H14N2O4/c1-6-4-3-5-10(7(6)2,11-8(13)14)12-9(15)16/h3-5,7,11-12H,1-2H3,(H,13,14)(H,15,16). The van der Waals surface area contributed by atoms with Crippen molar-refractivity contribution >= 4 is 12.2 Å². The smallest absolute Gasteiger partial charge is 0.406 e. The normalized spacial score (nSPS) is 22.1. The van der Waals surface area contributed by atoms with Crippen LogP contribution in [0.5, 0.6) is 0 Å². The summed E-state index contributed by atoms with van der Waals surface area (Å²) in [6, 6.07) is 0. The predicted molar refractivity (Wildman–Crippen MR) is 57.1 cm³/mol. The van der Waals surface area contributed by atoms with Gasteiger partial charge in [0, 0.05) is 5.92 Å². The van der Waals surface area contributed by atoms with E-state index in [-0.39, 0.29) is 5.92 Å². The molecular weight excluding hydrogens is 212 g/mol. The quantitative estimate of drug-likeness (QED) is 0.534. The molecule has 0 fully saturated rings. The van der Waals surface area contributed by atoms with Gasteiger partial charge in [0.1, 0.15) is 5.66 Å². The molecule has 0 aromatic heterocycles. The lowest BCUT2D eigenvalue weighted by Crippen LogP contribution is -2.63. The minimum absolute atomic E-state index is 0.287. The van der Waals surface area contributed by atoms with Gasteiger partial charge in [0.25, 0.3) is 0 Å². The van der Waals surface area contributed by atoms with E-state index in [1.165, 1.54) is 6.08 Å². The third-order valence-corrected chi connectivity index (χ3v) is 2.71. The summed E-state index contributed by atoms with van der Waals surface area (Å²) >= 11 is 0. The van der Waals surface area contributed by atoms with Gasteiger partial charge in [-0.25, -0.2) is 9.59 Å². The molecule has 1 aliphatic rings. The van der Waals surface area contributed by atoms with Crippen molar-refractivity contribution in [2.75, 3.05) is 0 Å². The number of amides is 2. The minimum atomic E-state index is -1.30. The third-order valence-electron chi connectivity index (χ3n) is 2.71. The van der Waals surface area contributed by atoms with Crippen LogP contribution in [-0.2, 0) is 0 Å². The highest BCUT2D eigenvalue weighted by Gasteiger charge is 2.39. The molecule has 0 radical (unpaired) electrons. The average molecular weight is 226 g/mol. The lowest BCUT2D eigenvalue weighted by atomic mass is 9.84. The molecule has 88 valence electrons. The van der Waals surface area contributed by atoms with Crippen molar-refractivity contribution in [3.05, 3.63) is 23.8 Å². The first-order valence-electron chi connectivity index (χ1n) is 4.75. The van der Waals surface area contributed by atoms with Gasteiger partial charge in [0.05, 0.1) is 0 Å². The predicted octanol–water partition coefficient (Wildman–Crippen LogP) is 1.37. The summed E-state index contributed by atoms with van der Waals surface area (Å²) in [6.45, 7) is 3.57. The maximum absolute atomic E-state index is 10.7. The van der Waals surface area contributed by atoms with Gasteiger partial charge < -0.3 is 10.2 Å². The van der Waals surface area contributed by atoms with E-state index < -0.39 is 17.8 Å². The van der Waals surface area contributed by atoms with E-state index in [1.807, 2.05) is 13.0 Å². The van der Waals surface area contributed by atoms with E-state index in [0.717, 1.165) is 5.57 Å². The second-order valence-corrected chi connectivity index (χ2v) is 3.72. The van der Waals surface area contributed by atoms with Crippen LogP contribution in [-0.4, -0.2) is 28.1 Å². The van der Waals surface area contributed by atoms with E-state index >= 15 is 0 Å². The highest BCUT2D eigenvalue weighted by molar-refractivity contribution is 5.71. The zero-order valence-corrected chi connectivity index (χ0v) is 9.02. The van der Waals surface area contributed by atoms with Gasteiger partial charge in [-0.2, -0.15) is 0 Å². The van der Waals surface area contributed by atoms with Crippen molar-refractivity contribution in [3.63, 3.8) is 0 Å². The first kappa shape index (κ1) is 12.1. The van der Waals surface area contributed by atoms with Crippen LogP contribution in [0.1, 0.15) is 13.8 Å². The lowest BCUT2D eigenvalue weighted by Gasteiger charge is -2.38. The maximum Gasteiger partial charge on any atom is 0.406 e. The van der Waals surface area contributed by atoms with Gasteiger partial charge in [-0.05, 0) is 13.0 Å². The number of carboxylic acid groups (broad SMARTS) is 2. The highest BCUT2D eigenvalue weighted by atomic mass is 16.4. The maximum atomic E-state index is 10.7. The molecule has 0 saturated carbocycles. The van der Waals surface area contributed by atoms with Gasteiger partial charge in [-0.3, -0.25) is 10.6 Å². The molecule has 0 aromatic rings. The van der Waals surface area contributed by atoms with Crippen molar-refractivity contribution in [1.29, 1.82) is 0 Å². The second-order valence-electron chi connectivity index (χ2n) is 3.72. The highest BCUT2D eigenvalue weighted by Crippen LogP contribution is 2.27. The van der Waals surface area contributed by atoms with Crippen LogP contribution in [0.3, 0.4) is 0 Å². The molecule has 6 heteroatoms. The molecule has 4 N–H and O–H groups in total. The molecule has 16 heavy (non-hydrogen) atoms. The molecule has 6 nitrogen and oxygen atoms in total. The number of rotatable bonds is 2.